The topological polar surface area (TPSA) is 69.6 Å². The van der Waals surface area contributed by atoms with Crippen LogP contribution in [0.5, 0.6) is 0 Å². The van der Waals surface area contributed by atoms with Crippen molar-refractivity contribution in [3.8, 4) is 0 Å². The van der Waals surface area contributed by atoms with Crippen molar-refractivity contribution in [2.24, 2.45) is 0 Å². The molecule has 0 radical (unpaired) electrons. The standard InChI is InChI=1S/C13H20N2O3S/c1-2-15(8-6-13(17)18)10-12(16)14-7-5-11-4-3-9-19-11/h3-4,9H,2,5-8,10H2,1H3,(H,14,16)(H,17,18). The van der Waals surface area contributed by atoms with Gasteiger partial charge >= 0.3 is 5.97 Å². The lowest BCUT2D eigenvalue weighted by Crippen LogP contribution is -2.38. The van der Waals surface area contributed by atoms with Crippen molar-refractivity contribution in [1.82, 2.24) is 10.2 Å². The predicted molar refractivity (Wildman–Crippen MR) is 75.4 cm³/mol. The fourth-order valence-electron chi connectivity index (χ4n) is 1.64. The first kappa shape index (κ1) is 15.7. The van der Waals surface area contributed by atoms with Crippen molar-refractivity contribution in [2.75, 3.05) is 26.2 Å². The zero-order chi connectivity index (χ0) is 14.1. The summed E-state index contributed by atoms with van der Waals surface area (Å²) in [6.45, 7) is 3.88. The molecule has 6 heteroatoms. The third-order valence-corrected chi connectivity index (χ3v) is 3.67. The van der Waals surface area contributed by atoms with E-state index in [-0.39, 0.29) is 18.9 Å². The van der Waals surface area contributed by atoms with Crippen LogP contribution in [0.1, 0.15) is 18.2 Å². The molecule has 1 aromatic heterocycles. The van der Waals surface area contributed by atoms with E-state index in [9.17, 15) is 9.59 Å². The van der Waals surface area contributed by atoms with Gasteiger partial charge in [-0.05, 0) is 24.4 Å². The second-order valence-electron chi connectivity index (χ2n) is 4.19. The molecule has 0 atom stereocenters. The third kappa shape index (κ3) is 6.93. The molecule has 19 heavy (non-hydrogen) atoms. The van der Waals surface area contributed by atoms with Gasteiger partial charge in [-0.1, -0.05) is 13.0 Å². The van der Waals surface area contributed by atoms with Gasteiger partial charge in [0.15, 0.2) is 0 Å². The Labute approximate surface area is 117 Å². The van der Waals surface area contributed by atoms with Crippen LogP contribution in [-0.2, 0) is 16.0 Å². The van der Waals surface area contributed by atoms with E-state index < -0.39 is 5.97 Å². The van der Waals surface area contributed by atoms with Crippen molar-refractivity contribution in [3.63, 3.8) is 0 Å². The molecule has 0 fully saturated rings. The van der Waals surface area contributed by atoms with E-state index in [4.69, 9.17) is 5.11 Å². The van der Waals surface area contributed by atoms with Crippen molar-refractivity contribution >= 4 is 23.2 Å². The number of nitrogens with one attached hydrogen (secondary N) is 1. The minimum Gasteiger partial charge on any atom is -0.481 e. The van der Waals surface area contributed by atoms with Gasteiger partial charge in [0, 0.05) is 18.0 Å². The molecule has 1 aromatic rings. The number of nitrogens with zero attached hydrogens (tertiary/aromatic N) is 1. The first-order valence-corrected chi connectivity index (χ1v) is 7.23. The van der Waals surface area contributed by atoms with Crippen LogP contribution in [0.15, 0.2) is 17.5 Å². The van der Waals surface area contributed by atoms with E-state index in [2.05, 4.69) is 5.32 Å². The first-order valence-electron chi connectivity index (χ1n) is 6.35. The molecule has 0 aromatic carbocycles. The summed E-state index contributed by atoms with van der Waals surface area (Å²) in [6, 6.07) is 4.04. The van der Waals surface area contributed by atoms with Gasteiger partial charge in [0.05, 0.1) is 13.0 Å². The molecule has 0 aliphatic rings. The highest BCUT2D eigenvalue weighted by molar-refractivity contribution is 7.09. The number of likely N-dealkylation sites (N-methyl/N-ethyl adjacent to an activating group) is 1. The van der Waals surface area contributed by atoms with E-state index in [1.807, 2.05) is 29.3 Å². The summed E-state index contributed by atoms with van der Waals surface area (Å²) in [5.74, 6) is -0.889. The molecule has 5 nitrogen and oxygen atoms in total. The summed E-state index contributed by atoms with van der Waals surface area (Å²) in [7, 11) is 0. The average molecular weight is 284 g/mol. The smallest absolute Gasteiger partial charge is 0.304 e. The number of carboxylic acid groups (broad SMARTS) is 1. The van der Waals surface area contributed by atoms with E-state index in [1.165, 1.54) is 4.88 Å². The van der Waals surface area contributed by atoms with Crippen LogP contribution in [0.2, 0.25) is 0 Å². The number of amides is 1. The van der Waals surface area contributed by atoms with Crippen LogP contribution in [0, 0.1) is 0 Å². The molecule has 2 N–H and O–H groups in total. The van der Waals surface area contributed by atoms with Gasteiger partial charge in [0.1, 0.15) is 0 Å². The molecule has 1 amide bonds. The lowest BCUT2D eigenvalue weighted by molar-refractivity contribution is -0.137. The van der Waals surface area contributed by atoms with Crippen LogP contribution < -0.4 is 5.32 Å². The van der Waals surface area contributed by atoms with Gasteiger partial charge in [-0.3, -0.25) is 14.5 Å². The number of rotatable bonds is 9. The molecule has 0 saturated heterocycles. The molecule has 0 aliphatic carbocycles. The average Bonchev–Trinajstić information content (AvgIpc) is 2.87. The Balaban J connectivity index is 2.19. The molecule has 0 saturated carbocycles. The molecule has 0 aliphatic heterocycles. The van der Waals surface area contributed by atoms with Crippen LogP contribution in [-0.4, -0.2) is 48.1 Å². The van der Waals surface area contributed by atoms with E-state index in [1.54, 1.807) is 11.3 Å². The molecule has 0 spiro atoms. The van der Waals surface area contributed by atoms with Gasteiger partial charge < -0.3 is 10.4 Å². The molecule has 0 unspecified atom stereocenters. The fourth-order valence-corrected chi connectivity index (χ4v) is 2.35. The van der Waals surface area contributed by atoms with Gasteiger partial charge in [-0.15, -0.1) is 11.3 Å². The summed E-state index contributed by atoms with van der Waals surface area (Å²) in [5, 5.41) is 13.5. The Hall–Kier alpha value is -1.40. The number of aliphatic carboxylic acids is 1. The molecular formula is C13H20N2O3S. The molecule has 1 rings (SSSR count). The van der Waals surface area contributed by atoms with Crippen molar-refractivity contribution in [3.05, 3.63) is 22.4 Å². The minimum absolute atomic E-state index is 0.0520. The first-order chi connectivity index (χ1) is 9.11. The zero-order valence-corrected chi connectivity index (χ0v) is 11.9. The maximum absolute atomic E-state index is 11.7. The Morgan fingerprint density at radius 3 is 2.84 bits per heavy atom. The number of hydrogen-bond acceptors (Lipinski definition) is 4. The summed E-state index contributed by atoms with van der Waals surface area (Å²) < 4.78 is 0. The predicted octanol–water partition coefficient (Wildman–Crippen LogP) is 1.20. The van der Waals surface area contributed by atoms with Gasteiger partial charge in [-0.25, -0.2) is 0 Å². The number of thiophene rings is 1. The van der Waals surface area contributed by atoms with E-state index in [0.717, 1.165) is 6.42 Å². The maximum Gasteiger partial charge on any atom is 0.304 e. The van der Waals surface area contributed by atoms with Crippen molar-refractivity contribution < 1.29 is 14.7 Å². The Kier molecular flexibility index (Phi) is 7.14. The van der Waals surface area contributed by atoms with Crippen LogP contribution >= 0.6 is 11.3 Å². The SMILES string of the molecule is CCN(CCC(=O)O)CC(=O)NCCc1cccs1. The summed E-state index contributed by atoms with van der Waals surface area (Å²) in [6.07, 6.45) is 0.904. The van der Waals surface area contributed by atoms with Crippen LogP contribution in [0.3, 0.4) is 0 Å². The highest BCUT2D eigenvalue weighted by Crippen LogP contribution is 2.07. The lowest BCUT2D eigenvalue weighted by atomic mass is 10.3. The summed E-state index contributed by atoms with van der Waals surface area (Å²) >= 11 is 1.68. The zero-order valence-electron chi connectivity index (χ0n) is 11.1. The number of carbonyl (C=O) groups excluding carboxylic acids is 1. The van der Waals surface area contributed by atoms with Crippen LogP contribution in [0.4, 0.5) is 0 Å². The minimum atomic E-state index is -0.837. The Bertz CT molecular complexity index is 393. The summed E-state index contributed by atoms with van der Waals surface area (Å²) in [5.41, 5.74) is 0. The number of carbonyl (C=O) groups is 2. The fraction of sp³-hybridized carbons (Fsp3) is 0.538. The number of hydrogen-bond donors (Lipinski definition) is 2. The second-order valence-corrected chi connectivity index (χ2v) is 5.22. The monoisotopic (exact) mass is 284 g/mol. The Morgan fingerprint density at radius 2 is 2.26 bits per heavy atom. The molecule has 106 valence electrons. The highest BCUT2D eigenvalue weighted by atomic mass is 32.1. The van der Waals surface area contributed by atoms with E-state index in [0.29, 0.717) is 19.6 Å². The lowest BCUT2D eigenvalue weighted by Gasteiger charge is -2.18. The van der Waals surface area contributed by atoms with Gasteiger partial charge in [0.2, 0.25) is 5.91 Å². The second kappa shape index (κ2) is 8.66. The van der Waals surface area contributed by atoms with Crippen molar-refractivity contribution in [2.45, 2.75) is 19.8 Å². The Morgan fingerprint density at radius 1 is 1.47 bits per heavy atom. The molecular weight excluding hydrogens is 264 g/mol. The van der Waals surface area contributed by atoms with Crippen LogP contribution in [0.25, 0.3) is 0 Å². The maximum atomic E-state index is 11.7. The highest BCUT2D eigenvalue weighted by Gasteiger charge is 2.10. The largest absolute Gasteiger partial charge is 0.481 e. The summed E-state index contributed by atoms with van der Waals surface area (Å²) in [4.78, 5) is 25.2. The molecule has 1 heterocycles. The number of carboxylic acids is 1. The van der Waals surface area contributed by atoms with E-state index >= 15 is 0 Å². The normalized spacial score (nSPS) is 10.6. The molecule has 0 bridgehead atoms. The third-order valence-electron chi connectivity index (χ3n) is 2.73. The quantitative estimate of drug-likeness (QED) is 0.715. The van der Waals surface area contributed by atoms with Gasteiger partial charge in [0.25, 0.3) is 0 Å². The van der Waals surface area contributed by atoms with Gasteiger partial charge in [-0.2, -0.15) is 0 Å². The van der Waals surface area contributed by atoms with Crippen molar-refractivity contribution in [1.29, 1.82) is 0 Å².